The number of anilines is 2. The summed E-state index contributed by atoms with van der Waals surface area (Å²) in [4.78, 5) is 51.3. The molecule has 2 heterocycles. The molecule has 2 atom stereocenters. The van der Waals surface area contributed by atoms with Crippen LogP contribution in [0.2, 0.25) is 0 Å². The van der Waals surface area contributed by atoms with Gasteiger partial charge >= 0.3 is 11.9 Å². The first kappa shape index (κ1) is 44.9. The predicted octanol–water partition coefficient (Wildman–Crippen LogP) is 9.14. The minimum atomic E-state index is -0.474. The first-order valence-electron chi connectivity index (χ1n) is 19.4. The molecule has 2 aliphatic rings. The van der Waals surface area contributed by atoms with Gasteiger partial charge in [0.2, 0.25) is 0 Å². The fourth-order valence-electron chi connectivity index (χ4n) is 7.89. The molecular weight excluding hydrogens is 697 g/mol. The normalized spacial score (nSPS) is 18.4. The number of terminal acetylenes is 1. The molecule has 1 N–H and O–H groups in total. The van der Waals surface area contributed by atoms with E-state index >= 15 is 0 Å². The van der Waals surface area contributed by atoms with Crippen molar-refractivity contribution in [2.75, 3.05) is 29.5 Å². The Hall–Kier alpha value is -4.52. The lowest BCUT2D eigenvalue weighted by atomic mass is 9.79. The van der Waals surface area contributed by atoms with Crippen LogP contribution in [0.3, 0.4) is 0 Å². The number of hydrogen-bond acceptors (Lipinski definition) is 10. The number of carbonyl (C=O) groups excluding carboxylic acids is 4. The lowest BCUT2D eigenvalue weighted by Crippen LogP contribution is -2.49. The van der Waals surface area contributed by atoms with E-state index in [0.717, 1.165) is 41.6 Å². The van der Waals surface area contributed by atoms with E-state index in [4.69, 9.17) is 20.6 Å². The van der Waals surface area contributed by atoms with Gasteiger partial charge in [-0.05, 0) is 130 Å². The summed E-state index contributed by atoms with van der Waals surface area (Å²) in [5, 5.41) is 10.1. The molecule has 2 aromatic carbocycles. The van der Waals surface area contributed by atoms with E-state index < -0.39 is 11.2 Å². The Morgan fingerprint density at radius 3 is 1.60 bits per heavy atom. The van der Waals surface area contributed by atoms with Crippen molar-refractivity contribution in [1.29, 1.82) is 0 Å². The van der Waals surface area contributed by atoms with E-state index in [9.17, 15) is 24.3 Å². The second-order valence-corrected chi connectivity index (χ2v) is 18.2. The van der Waals surface area contributed by atoms with Crippen LogP contribution < -0.4 is 14.5 Å². The second kappa shape index (κ2) is 18.0. The highest BCUT2D eigenvalue weighted by atomic mass is 16.6. The minimum absolute atomic E-state index is 0.000734. The number of aromatic hydroxyl groups is 1. The summed E-state index contributed by atoms with van der Waals surface area (Å²) >= 11 is 0. The molecule has 0 amide bonds. The summed E-state index contributed by atoms with van der Waals surface area (Å²) in [7, 11) is 0. The van der Waals surface area contributed by atoms with Crippen LogP contribution in [0.5, 0.6) is 11.5 Å². The van der Waals surface area contributed by atoms with Crippen molar-refractivity contribution in [2.24, 2.45) is 0 Å². The van der Waals surface area contributed by atoms with Crippen LogP contribution in [0.4, 0.5) is 11.4 Å². The Kier molecular flexibility index (Phi) is 14.6. The number of rotatable bonds is 12. The average molecular weight is 761 g/mol. The van der Waals surface area contributed by atoms with Crippen LogP contribution in [0, 0.1) is 12.3 Å². The number of fused-ring (bicyclic) bond motifs is 2. The predicted molar refractivity (Wildman–Crippen MR) is 219 cm³/mol. The van der Waals surface area contributed by atoms with Crippen molar-refractivity contribution in [3.05, 3.63) is 46.5 Å². The molecular formula is C45H64N2O8. The molecule has 2 aliphatic heterocycles. The van der Waals surface area contributed by atoms with E-state index in [1.165, 1.54) is 0 Å². The van der Waals surface area contributed by atoms with Crippen LogP contribution in [-0.4, -0.2) is 71.6 Å². The van der Waals surface area contributed by atoms with Gasteiger partial charge in [0.25, 0.3) is 0 Å². The summed E-state index contributed by atoms with van der Waals surface area (Å²) < 4.78 is 16.4. The molecule has 0 spiro atoms. The zero-order valence-corrected chi connectivity index (χ0v) is 35.3. The number of carbonyl (C=O) groups is 4. The summed E-state index contributed by atoms with van der Waals surface area (Å²) in [6.07, 6.45) is 10.8. The Bertz CT molecular complexity index is 1740. The van der Waals surface area contributed by atoms with Crippen LogP contribution in [-0.2, 0) is 19.1 Å². The third-order valence-corrected chi connectivity index (χ3v) is 9.98. The summed E-state index contributed by atoms with van der Waals surface area (Å²) in [5.74, 6) is 3.17. The largest absolute Gasteiger partial charge is 0.507 e. The van der Waals surface area contributed by atoms with Crippen molar-refractivity contribution >= 4 is 35.9 Å². The quantitative estimate of drug-likeness (QED) is 0.127. The van der Waals surface area contributed by atoms with Crippen LogP contribution in [0.15, 0.2) is 24.3 Å². The van der Waals surface area contributed by atoms with E-state index in [1.807, 2.05) is 53.7 Å². The number of ether oxygens (including phenoxy) is 3. The zero-order valence-electron chi connectivity index (χ0n) is 35.3. The number of phenols is 1. The van der Waals surface area contributed by atoms with Gasteiger partial charge in [-0.1, -0.05) is 19.8 Å². The highest BCUT2D eigenvalue weighted by Gasteiger charge is 2.38. The summed E-state index contributed by atoms with van der Waals surface area (Å²) in [6.45, 7) is 25.8. The molecule has 4 rings (SSSR count). The lowest BCUT2D eigenvalue weighted by molar-refractivity contribution is -0.156. The third-order valence-electron chi connectivity index (χ3n) is 9.98. The number of phenolic OH excluding ortho intramolecular Hbond substituents is 1. The summed E-state index contributed by atoms with van der Waals surface area (Å²) in [5.41, 5.74) is 3.87. The van der Waals surface area contributed by atoms with Gasteiger partial charge in [0.1, 0.15) is 29.3 Å². The van der Waals surface area contributed by atoms with Crippen molar-refractivity contribution in [3.63, 3.8) is 0 Å². The van der Waals surface area contributed by atoms with Crippen molar-refractivity contribution in [1.82, 2.24) is 0 Å². The van der Waals surface area contributed by atoms with Gasteiger partial charge in [-0.15, -0.1) is 6.42 Å². The third kappa shape index (κ3) is 12.2. The smallest absolute Gasteiger partial charge is 0.306 e. The zero-order chi connectivity index (χ0) is 41.5. The molecule has 55 heavy (non-hydrogen) atoms. The molecule has 0 saturated carbocycles. The molecule has 0 fully saturated rings. The molecule has 10 nitrogen and oxygen atoms in total. The van der Waals surface area contributed by atoms with Gasteiger partial charge in [0.05, 0.1) is 11.1 Å². The highest BCUT2D eigenvalue weighted by Crippen LogP contribution is 2.47. The maximum Gasteiger partial charge on any atom is 0.306 e. The van der Waals surface area contributed by atoms with Crippen molar-refractivity contribution < 1.29 is 38.5 Å². The van der Waals surface area contributed by atoms with E-state index in [-0.39, 0.29) is 35.4 Å². The van der Waals surface area contributed by atoms with Gasteiger partial charge in [0.15, 0.2) is 12.6 Å². The number of aldehydes is 2. The number of hydrogen-bond donors (Lipinski definition) is 1. The van der Waals surface area contributed by atoms with E-state index in [0.29, 0.717) is 73.8 Å². The summed E-state index contributed by atoms with van der Waals surface area (Å²) in [6, 6.07) is 7.30. The van der Waals surface area contributed by atoms with Gasteiger partial charge in [-0.25, -0.2) is 0 Å². The maximum absolute atomic E-state index is 12.1. The lowest BCUT2D eigenvalue weighted by Gasteiger charge is -2.48. The average Bonchev–Trinajstić information content (AvgIpc) is 3.04. The minimum Gasteiger partial charge on any atom is -0.507 e. The van der Waals surface area contributed by atoms with Gasteiger partial charge in [-0.3, -0.25) is 19.2 Å². The number of nitrogens with zero attached hydrogens (tertiary/aromatic N) is 2. The fourth-order valence-corrected chi connectivity index (χ4v) is 7.89. The molecule has 0 aliphatic carbocycles. The Morgan fingerprint density at radius 2 is 1.20 bits per heavy atom. The van der Waals surface area contributed by atoms with Crippen molar-refractivity contribution in [3.8, 4) is 23.8 Å². The van der Waals surface area contributed by atoms with E-state index in [2.05, 4.69) is 57.3 Å². The number of benzene rings is 2. The SMILES string of the molecule is C#CCOc1cc2c(cc1C=O)C(C)CC(C)(C)N2CCCC(=O)OC(C)(C)C.CC1CC(C)(C)N(CCCC(=O)OC(C)(C)C)c2cc(O)c(C=O)cc21. The molecule has 2 aromatic rings. The Balaban J connectivity index is 0.000000297. The van der Waals surface area contributed by atoms with Gasteiger partial charge in [-0.2, -0.15) is 0 Å². The topological polar surface area (TPSA) is 123 Å². The maximum atomic E-state index is 12.1. The van der Waals surface area contributed by atoms with Crippen LogP contribution in [0.1, 0.15) is 165 Å². The van der Waals surface area contributed by atoms with Crippen LogP contribution >= 0.6 is 0 Å². The number of esters is 2. The molecule has 0 radical (unpaired) electrons. The Morgan fingerprint density at radius 1 is 0.782 bits per heavy atom. The monoisotopic (exact) mass is 760 g/mol. The van der Waals surface area contributed by atoms with Gasteiger partial charge in [0, 0.05) is 60.5 Å². The van der Waals surface area contributed by atoms with Crippen molar-refractivity contribution in [2.45, 2.75) is 156 Å². The molecule has 2 unspecified atom stereocenters. The molecule has 10 heteroatoms. The van der Waals surface area contributed by atoms with Gasteiger partial charge < -0.3 is 29.1 Å². The fraction of sp³-hybridized carbons (Fsp3) is 0.600. The highest BCUT2D eigenvalue weighted by molar-refractivity contribution is 5.83. The first-order chi connectivity index (χ1) is 25.4. The second-order valence-electron chi connectivity index (χ2n) is 18.2. The standard InChI is InChI=1S/C24H33NO4.C21H31NO4/c1-8-12-28-21-14-20-19(13-18(21)16-26)17(2)15-24(6,7)25(20)11-9-10-22(27)29-23(3,4)5;1-14-12-21(5,6)22(9-7-8-19(25)26-20(2,3)4)17-11-18(24)15(13-23)10-16(14)17/h1,13-14,16-17H,9-12,15H2,2-7H3;10-11,13-14,24H,7-9,12H2,1-6H3. The van der Waals surface area contributed by atoms with E-state index in [1.54, 1.807) is 12.1 Å². The Labute approximate surface area is 329 Å². The molecule has 0 saturated heterocycles. The molecule has 0 aromatic heterocycles. The first-order valence-corrected chi connectivity index (χ1v) is 19.4. The molecule has 0 bridgehead atoms. The van der Waals surface area contributed by atoms with Crippen LogP contribution in [0.25, 0.3) is 0 Å². The molecule has 302 valence electrons.